The Morgan fingerprint density at radius 1 is 0.962 bits per heavy atom. The number of carbonyl (C=O) groups is 3. The minimum atomic E-state index is -0.618. The zero-order chi connectivity index (χ0) is 18.8. The van der Waals surface area contributed by atoms with Crippen LogP contribution in [0.15, 0.2) is 59.5 Å². The molecule has 2 rings (SSSR count). The summed E-state index contributed by atoms with van der Waals surface area (Å²) in [7, 11) is 0. The quantitative estimate of drug-likeness (QED) is 0.430. The Labute approximate surface area is 160 Å². The summed E-state index contributed by atoms with van der Waals surface area (Å²) in [5.74, 6) is -1.04. The van der Waals surface area contributed by atoms with E-state index >= 15 is 0 Å². The number of halogens is 1. The second-order valence-electron chi connectivity index (χ2n) is 5.08. The number of nitrogens with one attached hydrogen (secondary N) is 2. The number of hydrogen-bond donors (Lipinski definition) is 2. The van der Waals surface area contributed by atoms with Crippen molar-refractivity contribution in [2.24, 2.45) is 0 Å². The average molecular weight is 393 g/mol. The van der Waals surface area contributed by atoms with Crippen LogP contribution >= 0.6 is 23.4 Å². The first-order valence-corrected chi connectivity index (χ1v) is 9.09. The Kier molecular flexibility index (Phi) is 7.98. The highest BCUT2D eigenvalue weighted by Gasteiger charge is 2.10. The molecule has 0 aromatic heterocycles. The summed E-state index contributed by atoms with van der Waals surface area (Å²) in [5.41, 5.74) is 4.84. The lowest BCUT2D eigenvalue weighted by molar-refractivity contribution is -0.148. The van der Waals surface area contributed by atoms with E-state index in [1.165, 1.54) is 11.8 Å². The molecule has 6 nitrogen and oxygen atoms in total. The van der Waals surface area contributed by atoms with Crippen molar-refractivity contribution >= 4 is 41.1 Å². The molecule has 0 atom stereocenters. The van der Waals surface area contributed by atoms with Crippen molar-refractivity contribution in [3.05, 3.63) is 65.2 Å². The number of hydrazine groups is 1. The van der Waals surface area contributed by atoms with E-state index in [1.807, 2.05) is 12.1 Å². The molecule has 0 saturated carbocycles. The maximum absolute atomic E-state index is 11.7. The number of carbonyl (C=O) groups excluding carboxylic acids is 3. The van der Waals surface area contributed by atoms with E-state index in [2.05, 4.69) is 10.9 Å². The lowest BCUT2D eigenvalue weighted by Gasteiger charge is -2.08. The lowest BCUT2D eigenvalue weighted by Crippen LogP contribution is -2.43. The normalized spacial score (nSPS) is 10.0. The molecule has 136 valence electrons. The zero-order valence-corrected chi connectivity index (χ0v) is 15.3. The predicted molar refractivity (Wildman–Crippen MR) is 99.8 cm³/mol. The third-order valence-corrected chi connectivity index (χ3v) is 4.37. The summed E-state index contributed by atoms with van der Waals surface area (Å²) in [4.78, 5) is 35.9. The van der Waals surface area contributed by atoms with Crippen molar-refractivity contribution in [2.75, 3.05) is 12.4 Å². The molecule has 0 saturated heterocycles. The molecule has 2 amide bonds. The Hall–Kier alpha value is -2.51. The van der Waals surface area contributed by atoms with Gasteiger partial charge in [0.1, 0.15) is 0 Å². The van der Waals surface area contributed by atoms with Crippen LogP contribution in [0, 0.1) is 0 Å². The first-order valence-electron chi connectivity index (χ1n) is 7.73. The van der Waals surface area contributed by atoms with Gasteiger partial charge in [0.25, 0.3) is 11.8 Å². The van der Waals surface area contributed by atoms with E-state index in [0.29, 0.717) is 16.3 Å². The van der Waals surface area contributed by atoms with E-state index in [-0.39, 0.29) is 6.42 Å². The van der Waals surface area contributed by atoms with E-state index in [4.69, 9.17) is 16.3 Å². The molecule has 2 N–H and O–H groups in total. The van der Waals surface area contributed by atoms with Crippen molar-refractivity contribution in [1.82, 2.24) is 10.9 Å². The van der Waals surface area contributed by atoms with Gasteiger partial charge in [0.2, 0.25) is 0 Å². The molecule has 8 heteroatoms. The highest BCUT2D eigenvalue weighted by molar-refractivity contribution is 7.99. The third kappa shape index (κ3) is 7.16. The molecule has 0 bridgehead atoms. The van der Waals surface area contributed by atoms with Gasteiger partial charge in [0.05, 0.1) is 6.42 Å². The van der Waals surface area contributed by atoms with Gasteiger partial charge >= 0.3 is 5.97 Å². The van der Waals surface area contributed by atoms with Crippen LogP contribution in [-0.2, 0) is 14.3 Å². The number of esters is 1. The van der Waals surface area contributed by atoms with Crippen LogP contribution in [0.2, 0.25) is 5.02 Å². The van der Waals surface area contributed by atoms with E-state index < -0.39 is 24.4 Å². The summed E-state index contributed by atoms with van der Waals surface area (Å²) in [5, 5.41) is 0.652. The second-order valence-corrected chi connectivity index (χ2v) is 6.69. The summed E-state index contributed by atoms with van der Waals surface area (Å²) in [6.45, 7) is -0.459. The Morgan fingerprint density at radius 3 is 2.35 bits per heavy atom. The summed E-state index contributed by atoms with van der Waals surface area (Å²) in [6, 6.07) is 15.7. The van der Waals surface area contributed by atoms with Gasteiger partial charge in [0, 0.05) is 21.2 Å². The smallest absolute Gasteiger partial charge is 0.307 e. The minimum Gasteiger partial charge on any atom is -0.455 e. The molecular formula is C18H17ClN2O4S. The van der Waals surface area contributed by atoms with E-state index in [9.17, 15) is 14.4 Å². The molecule has 0 spiro atoms. The van der Waals surface area contributed by atoms with Gasteiger partial charge in [-0.2, -0.15) is 0 Å². The standard InChI is InChI=1S/C18H17ClN2O4S/c19-14-6-8-15(9-7-14)26-11-10-17(23)25-12-16(22)20-21-18(24)13-4-2-1-3-5-13/h1-9H,10-12H2,(H,20,22)(H,21,24). The highest BCUT2D eigenvalue weighted by Crippen LogP contribution is 2.20. The molecule has 0 heterocycles. The predicted octanol–water partition coefficient (Wildman–Crippen LogP) is 2.83. The molecule has 0 aliphatic carbocycles. The van der Waals surface area contributed by atoms with Crippen LogP contribution in [0.3, 0.4) is 0 Å². The van der Waals surface area contributed by atoms with Gasteiger partial charge in [-0.25, -0.2) is 0 Å². The maximum atomic E-state index is 11.7. The first-order chi connectivity index (χ1) is 12.5. The zero-order valence-electron chi connectivity index (χ0n) is 13.7. The maximum Gasteiger partial charge on any atom is 0.307 e. The van der Waals surface area contributed by atoms with E-state index in [0.717, 1.165) is 4.90 Å². The average Bonchev–Trinajstić information content (AvgIpc) is 2.66. The molecule has 0 aliphatic rings. The molecule has 0 fully saturated rings. The monoisotopic (exact) mass is 392 g/mol. The van der Waals surface area contributed by atoms with Crippen LogP contribution in [-0.4, -0.2) is 30.1 Å². The number of ether oxygens (including phenoxy) is 1. The molecule has 2 aromatic carbocycles. The SMILES string of the molecule is O=C(COC(=O)CCSc1ccc(Cl)cc1)NNC(=O)c1ccccc1. The van der Waals surface area contributed by atoms with Crippen molar-refractivity contribution in [2.45, 2.75) is 11.3 Å². The van der Waals surface area contributed by atoms with Crippen molar-refractivity contribution < 1.29 is 19.1 Å². The fraction of sp³-hybridized carbons (Fsp3) is 0.167. The molecule has 0 unspecified atom stereocenters. The largest absolute Gasteiger partial charge is 0.455 e. The second kappa shape index (κ2) is 10.5. The van der Waals surface area contributed by atoms with Crippen molar-refractivity contribution in [1.29, 1.82) is 0 Å². The number of rotatable bonds is 7. The van der Waals surface area contributed by atoms with Crippen LogP contribution in [0.1, 0.15) is 16.8 Å². The third-order valence-electron chi connectivity index (χ3n) is 3.10. The summed E-state index contributed by atoms with van der Waals surface area (Å²) < 4.78 is 4.86. The first kappa shape index (κ1) is 19.8. The van der Waals surface area contributed by atoms with Gasteiger partial charge < -0.3 is 4.74 Å². The fourth-order valence-electron chi connectivity index (χ4n) is 1.83. The Balaban J connectivity index is 1.60. The fourth-order valence-corrected chi connectivity index (χ4v) is 2.78. The Morgan fingerprint density at radius 2 is 1.65 bits per heavy atom. The van der Waals surface area contributed by atoms with Crippen molar-refractivity contribution in [3.8, 4) is 0 Å². The minimum absolute atomic E-state index is 0.164. The number of amides is 2. The summed E-state index contributed by atoms with van der Waals surface area (Å²) in [6.07, 6.45) is 0.164. The van der Waals surface area contributed by atoms with E-state index in [1.54, 1.807) is 42.5 Å². The highest BCUT2D eigenvalue weighted by atomic mass is 35.5. The molecule has 2 aromatic rings. The van der Waals surface area contributed by atoms with Gasteiger partial charge in [-0.15, -0.1) is 11.8 Å². The number of hydrogen-bond acceptors (Lipinski definition) is 5. The Bertz CT molecular complexity index is 754. The van der Waals surface area contributed by atoms with Crippen molar-refractivity contribution in [3.63, 3.8) is 0 Å². The topological polar surface area (TPSA) is 84.5 Å². The van der Waals surface area contributed by atoms with Gasteiger partial charge in [0.15, 0.2) is 6.61 Å². The van der Waals surface area contributed by atoms with Crippen LogP contribution < -0.4 is 10.9 Å². The number of thioether (sulfide) groups is 1. The lowest BCUT2D eigenvalue weighted by atomic mass is 10.2. The molecular weight excluding hydrogens is 376 g/mol. The molecule has 0 aliphatic heterocycles. The van der Waals surface area contributed by atoms with Crippen LogP contribution in [0.5, 0.6) is 0 Å². The van der Waals surface area contributed by atoms with Crippen LogP contribution in [0.4, 0.5) is 0 Å². The number of benzene rings is 2. The van der Waals surface area contributed by atoms with Gasteiger partial charge in [-0.3, -0.25) is 25.2 Å². The summed E-state index contributed by atoms with van der Waals surface area (Å²) >= 11 is 7.29. The van der Waals surface area contributed by atoms with Gasteiger partial charge in [-0.05, 0) is 36.4 Å². The van der Waals surface area contributed by atoms with Crippen LogP contribution in [0.25, 0.3) is 0 Å². The van der Waals surface area contributed by atoms with Gasteiger partial charge in [-0.1, -0.05) is 29.8 Å². The molecule has 0 radical (unpaired) electrons. The molecule has 26 heavy (non-hydrogen) atoms.